The summed E-state index contributed by atoms with van der Waals surface area (Å²) in [4.78, 5) is 73.9. The highest BCUT2D eigenvalue weighted by Crippen LogP contribution is 2.37. The SMILES string of the molecule is CCOC(=O)C(C)OC(=O)c1cc(Oc2ccc(C(F)(F)F)cc2Cl)ccc1[N+](=O)[O-].CSc1nnc(C(C)(C)C)c(=O)n1N.C[S+](C)C.O=C(O)CNCP(=O)([O-])O. The van der Waals surface area contributed by atoms with Crippen LogP contribution >= 0.6 is 31.0 Å². The number of thioether (sulfide) groups is 1. The molecular weight excluding hydrogens is 876 g/mol. The average Bonchev–Trinajstić information content (AvgIpc) is 3.08. The van der Waals surface area contributed by atoms with Crippen molar-refractivity contribution in [1.29, 1.82) is 0 Å². The van der Waals surface area contributed by atoms with E-state index in [2.05, 4.69) is 29.0 Å². The van der Waals surface area contributed by atoms with Gasteiger partial charge < -0.3 is 39.5 Å². The first-order chi connectivity index (χ1) is 27.0. The lowest BCUT2D eigenvalue weighted by atomic mass is 9.93. The molecule has 5 N–H and O–H groups in total. The molecule has 0 aliphatic rings. The molecule has 0 spiro atoms. The lowest BCUT2D eigenvalue weighted by Crippen LogP contribution is -2.37. The van der Waals surface area contributed by atoms with E-state index in [0.29, 0.717) is 27.8 Å². The number of halogens is 4. The maximum absolute atomic E-state index is 12.8. The third-order valence-corrected chi connectivity index (χ3v) is 7.68. The monoisotopic (exact) mass is 920 g/mol. The largest absolute Gasteiger partial charge is 0.778 e. The number of carboxylic acid groups (broad SMARTS) is 1. The molecule has 0 radical (unpaired) electrons. The molecule has 0 aliphatic heterocycles. The van der Waals surface area contributed by atoms with E-state index in [1.807, 2.05) is 26.1 Å². The first-order valence-electron chi connectivity index (χ1n) is 16.4. The van der Waals surface area contributed by atoms with Crippen molar-refractivity contribution < 1.29 is 66.1 Å². The number of aromatic nitrogens is 3. The van der Waals surface area contributed by atoms with Gasteiger partial charge in [-0.05, 0) is 55.3 Å². The average molecular weight is 921 g/mol. The zero-order valence-corrected chi connectivity index (χ0v) is 36.5. The molecule has 19 nitrogen and oxygen atoms in total. The number of ether oxygens (including phenoxy) is 3. The van der Waals surface area contributed by atoms with Gasteiger partial charge in [-0.1, -0.05) is 44.1 Å². The summed E-state index contributed by atoms with van der Waals surface area (Å²) in [5.41, 5.74) is -2.39. The highest BCUT2D eigenvalue weighted by atomic mass is 35.5. The van der Waals surface area contributed by atoms with Crippen molar-refractivity contribution in [3.05, 3.63) is 78.7 Å². The minimum Gasteiger partial charge on any atom is -0.778 e. The van der Waals surface area contributed by atoms with Crippen molar-refractivity contribution in [3.8, 4) is 11.5 Å². The predicted octanol–water partition coefficient (Wildman–Crippen LogP) is 4.20. The van der Waals surface area contributed by atoms with Gasteiger partial charge in [-0.15, -0.1) is 10.2 Å². The van der Waals surface area contributed by atoms with E-state index in [-0.39, 0.29) is 34.1 Å². The van der Waals surface area contributed by atoms with Crippen LogP contribution in [0.25, 0.3) is 0 Å². The molecule has 3 aromatic rings. The lowest BCUT2D eigenvalue weighted by Gasteiger charge is -2.16. The van der Waals surface area contributed by atoms with Gasteiger partial charge in [0.1, 0.15) is 30.4 Å². The van der Waals surface area contributed by atoms with Gasteiger partial charge in [-0.3, -0.25) is 25.0 Å². The number of hydrogen-bond acceptors (Lipinski definition) is 16. The summed E-state index contributed by atoms with van der Waals surface area (Å²) in [7, 11) is -3.71. The van der Waals surface area contributed by atoms with Crippen LogP contribution in [0.15, 0.2) is 46.3 Å². The lowest BCUT2D eigenvalue weighted by molar-refractivity contribution is -0.385. The van der Waals surface area contributed by atoms with Crippen LogP contribution in [0, 0.1) is 10.1 Å². The number of nitrogens with one attached hydrogen (secondary N) is 1. The smallest absolute Gasteiger partial charge is 0.416 e. The molecule has 59 heavy (non-hydrogen) atoms. The van der Waals surface area contributed by atoms with E-state index in [1.165, 1.54) is 18.7 Å². The first kappa shape index (κ1) is 54.6. The molecular formula is C33H45ClF3N6O13PS2. The Bertz CT molecular complexity index is 2010. The number of alkyl halides is 3. The maximum Gasteiger partial charge on any atom is 0.416 e. The van der Waals surface area contributed by atoms with E-state index < -0.39 is 72.4 Å². The fraction of sp³-hybridized carbons (Fsp3) is 0.455. The van der Waals surface area contributed by atoms with Crippen molar-refractivity contribution in [2.24, 2.45) is 0 Å². The number of hydrogen-bond donors (Lipinski definition) is 4. The third-order valence-electron chi connectivity index (χ3n) is 6.12. The Hall–Kier alpha value is -4.45. The molecule has 2 aromatic carbocycles. The molecule has 0 fully saturated rings. The van der Waals surface area contributed by atoms with Crippen molar-refractivity contribution in [2.45, 2.75) is 57.5 Å². The van der Waals surface area contributed by atoms with E-state index >= 15 is 0 Å². The Morgan fingerprint density at radius 1 is 1.14 bits per heavy atom. The van der Waals surface area contributed by atoms with Crippen molar-refractivity contribution in [3.63, 3.8) is 0 Å². The van der Waals surface area contributed by atoms with Gasteiger partial charge in [0, 0.05) is 17.5 Å². The molecule has 0 bridgehead atoms. The van der Waals surface area contributed by atoms with E-state index in [0.717, 1.165) is 35.0 Å². The van der Waals surface area contributed by atoms with Gasteiger partial charge in [0.2, 0.25) is 5.16 Å². The number of aliphatic carboxylic acids is 1. The van der Waals surface area contributed by atoms with Gasteiger partial charge in [0.15, 0.2) is 6.10 Å². The second-order valence-electron chi connectivity index (χ2n) is 12.8. The number of nitrogens with two attached hydrogens (primary N) is 1. The Morgan fingerprint density at radius 3 is 2.15 bits per heavy atom. The second kappa shape index (κ2) is 24.6. The minimum atomic E-state index is -4.61. The van der Waals surface area contributed by atoms with Crippen LogP contribution in [0.3, 0.4) is 0 Å². The van der Waals surface area contributed by atoms with Crippen LogP contribution in [0.5, 0.6) is 11.5 Å². The number of rotatable bonds is 12. The number of nitrogens with zero attached hydrogens (tertiary/aromatic N) is 4. The summed E-state index contributed by atoms with van der Waals surface area (Å²) in [5, 5.41) is 29.0. The van der Waals surface area contributed by atoms with Crippen molar-refractivity contribution in [1.82, 2.24) is 20.2 Å². The summed E-state index contributed by atoms with van der Waals surface area (Å²) in [6.45, 7) is 8.03. The number of esters is 2. The molecule has 330 valence electrons. The van der Waals surface area contributed by atoms with Crippen LogP contribution in [0.2, 0.25) is 5.02 Å². The van der Waals surface area contributed by atoms with Crippen molar-refractivity contribution >= 4 is 65.4 Å². The number of nitrogen functional groups attached to an aromatic ring is 1. The Morgan fingerprint density at radius 2 is 1.71 bits per heavy atom. The molecule has 0 saturated carbocycles. The van der Waals surface area contributed by atoms with Gasteiger partial charge in [0.25, 0.3) is 11.2 Å². The number of carbonyl (C=O) groups is 3. The van der Waals surface area contributed by atoms with Gasteiger partial charge in [-0.2, -0.15) is 17.8 Å². The van der Waals surface area contributed by atoms with Crippen LogP contribution in [-0.4, -0.2) is 98.3 Å². The Balaban J connectivity index is 0.000000981. The number of nitro benzene ring substituents is 1. The number of benzene rings is 2. The fourth-order valence-corrected chi connectivity index (χ4v) is 4.63. The van der Waals surface area contributed by atoms with Crippen LogP contribution < -0.4 is 26.3 Å². The van der Waals surface area contributed by atoms with E-state index in [9.17, 15) is 51.9 Å². The third kappa shape index (κ3) is 20.9. The highest BCUT2D eigenvalue weighted by molar-refractivity contribution is 7.98. The molecule has 2 atom stereocenters. The first-order valence-corrected chi connectivity index (χ1v) is 22.2. The number of carboxylic acids is 1. The highest BCUT2D eigenvalue weighted by Gasteiger charge is 2.31. The van der Waals surface area contributed by atoms with Gasteiger partial charge in [0.05, 0.1) is 53.7 Å². The normalized spacial score (nSPS) is 12.5. The zero-order valence-electron chi connectivity index (χ0n) is 33.2. The minimum absolute atomic E-state index is 0.0398. The fourth-order valence-electron chi connectivity index (χ4n) is 3.62. The summed E-state index contributed by atoms with van der Waals surface area (Å²) in [6.07, 6.45) is 1.73. The molecule has 0 amide bonds. The zero-order chi connectivity index (χ0) is 46.1. The molecule has 26 heteroatoms. The van der Waals surface area contributed by atoms with E-state index in [1.54, 1.807) is 13.2 Å². The van der Waals surface area contributed by atoms with Gasteiger partial charge >= 0.3 is 24.1 Å². The molecule has 1 aromatic heterocycles. The Kier molecular flexibility index (Phi) is 22.7. The molecule has 0 saturated heterocycles. The van der Waals surface area contributed by atoms with Crippen LogP contribution in [0.1, 0.15) is 56.2 Å². The quantitative estimate of drug-likeness (QED) is 0.0377. The standard InChI is InChI=1S/C19H15ClF3NO7.C8H14N4OS.C3H8NO5P.C3H9S/c1-3-29-17(25)10(2)30-18(26)13-9-12(5-6-15(13)24(27)28)31-16-7-4-11(8-14(16)20)19(21,22)23;1-8(2,3)5-6(13)12(9)7(14-4)11-10-5;5-3(6)1-4-2-10(7,8)9;1-4(2)3/h4-10H,3H2,1-2H3;9H2,1-4H3;4H,1-2H2,(H,5,6)(H2,7,8,9);1-3H3/q;;;+1/p-1. The molecule has 1 heterocycles. The van der Waals surface area contributed by atoms with Crippen LogP contribution in [0.4, 0.5) is 18.9 Å². The van der Waals surface area contributed by atoms with Crippen LogP contribution in [-0.2, 0) is 46.1 Å². The number of carbonyl (C=O) groups excluding carboxylic acids is 2. The van der Waals surface area contributed by atoms with Gasteiger partial charge in [-0.25, -0.2) is 9.59 Å². The second-order valence-corrected chi connectivity index (χ2v) is 18.0. The summed E-state index contributed by atoms with van der Waals surface area (Å²) in [6, 6.07) is 5.37. The predicted molar refractivity (Wildman–Crippen MR) is 214 cm³/mol. The van der Waals surface area contributed by atoms with E-state index in [4.69, 9.17) is 41.7 Å². The summed E-state index contributed by atoms with van der Waals surface area (Å²) in [5.74, 6) is 2.04. The Labute approximate surface area is 348 Å². The summed E-state index contributed by atoms with van der Waals surface area (Å²) < 4.78 is 64.2. The van der Waals surface area contributed by atoms with Crippen molar-refractivity contribution in [2.75, 3.05) is 50.3 Å². The maximum atomic E-state index is 12.8. The molecule has 3 rings (SSSR count). The topological polar surface area (TPSA) is 288 Å². The molecule has 0 aliphatic carbocycles. The number of nitro groups is 1. The summed E-state index contributed by atoms with van der Waals surface area (Å²) >= 11 is 7.12. The molecule has 2 unspecified atom stereocenters.